The Labute approximate surface area is 147 Å². The molecule has 1 aromatic heterocycles. The van der Waals surface area contributed by atoms with Crippen LogP contribution in [0.25, 0.3) is 11.0 Å². The number of carbonyl (C=O) groups is 1. The van der Waals surface area contributed by atoms with Crippen molar-refractivity contribution in [3.63, 3.8) is 0 Å². The Kier molecular flexibility index (Phi) is 3.74. The average Bonchev–Trinajstić information content (AvgIpc) is 3.08. The molecule has 0 bridgehead atoms. The lowest BCUT2D eigenvalue weighted by Gasteiger charge is -2.29. The van der Waals surface area contributed by atoms with Crippen LogP contribution in [0.1, 0.15) is 21.5 Å². The van der Waals surface area contributed by atoms with Gasteiger partial charge in [0.15, 0.2) is 0 Å². The largest absolute Gasteiger partial charge is 0.478 e. The van der Waals surface area contributed by atoms with Crippen molar-refractivity contribution < 1.29 is 22.7 Å². The number of nitrogens with zero attached hydrogens (tertiary/aromatic N) is 3. The molecular formula is C16H13FN4O4S. The number of sulfonamides is 1. The van der Waals surface area contributed by atoms with E-state index >= 15 is 0 Å². The Bertz CT molecular complexity index is 1140. The lowest BCUT2D eigenvalue weighted by Crippen LogP contribution is -2.37. The van der Waals surface area contributed by atoms with Gasteiger partial charge in [0.2, 0.25) is 10.0 Å². The van der Waals surface area contributed by atoms with Crippen molar-refractivity contribution in [2.45, 2.75) is 17.9 Å². The third-order valence-corrected chi connectivity index (χ3v) is 6.30. The number of benzene rings is 2. The first kappa shape index (κ1) is 16.6. The summed E-state index contributed by atoms with van der Waals surface area (Å²) in [7, 11) is -3.89. The van der Waals surface area contributed by atoms with E-state index < -0.39 is 27.4 Å². The summed E-state index contributed by atoms with van der Waals surface area (Å²) < 4.78 is 41.0. The van der Waals surface area contributed by atoms with Crippen molar-refractivity contribution in [2.75, 3.05) is 6.54 Å². The zero-order chi connectivity index (χ0) is 18.5. The molecule has 0 amide bonds. The lowest BCUT2D eigenvalue weighted by atomic mass is 9.95. The molecule has 0 unspecified atom stereocenters. The third-order valence-electron chi connectivity index (χ3n) is 4.46. The summed E-state index contributed by atoms with van der Waals surface area (Å²) in [5.41, 5.74) is 1.29. The van der Waals surface area contributed by atoms with Gasteiger partial charge in [-0.25, -0.2) is 17.6 Å². The Hall–Kier alpha value is -2.85. The summed E-state index contributed by atoms with van der Waals surface area (Å²) in [5, 5.41) is 19.5. The van der Waals surface area contributed by atoms with Crippen molar-refractivity contribution in [1.29, 1.82) is 0 Å². The maximum absolute atomic E-state index is 13.9. The standard InChI is InChI=1S/C16H13FN4O4S/c17-12-3-1-9-5-6-21(8-11(9)15(12)16(22)23)26(24,25)10-2-4-13-14(7-10)19-20-18-13/h1-4,7H,5-6,8H2,(H,22,23)(H,18,19,20). The summed E-state index contributed by atoms with van der Waals surface area (Å²) in [4.78, 5) is 11.4. The minimum Gasteiger partial charge on any atom is -0.478 e. The number of halogens is 1. The predicted molar refractivity (Wildman–Crippen MR) is 88.5 cm³/mol. The number of rotatable bonds is 3. The predicted octanol–water partition coefficient (Wildman–Crippen LogP) is 1.54. The molecule has 0 atom stereocenters. The highest BCUT2D eigenvalue weighted by molar-refractivity contribution is 7.89. The minimum absolute atomic E-state index is 0.0237. The van der Waals surface area contributed by atoms with E-state index in [9.17, 15) is 22.7 Å². The molecular weight excluding hydrogens is 363 g/mol. The fourth-order valence-corrected chi connectivity index (χ4v) is 4.57. The molecule has 134 valence electrons. The van der Waals surface area contributed by atoms with Gasteiger partial charge in [0.25, 0.3) is 0 Å². The first-order valence-corrected chi connectivity index (χ1v) is 9.16. The van der Waals surface area contributed by atoms with E-state index in [1.165, 1.54) is 24.3 Å². The van der Waals surface area contributed by atoms with Crippen LogP contribution < -0.4 is 0 Å². The Balaban J connectivity index is 1.76. The molecule has 0 radical (unpaired) electrons. The first-order valence-electron chi connectivity index (χ1n) is 7.72. The second-order valence-corrected chi connectivity index (χ2v) is 7.87. The maximum Gasteiger partial charge on any atom is 0.339 e. The number of hydrogen-bond donors (Lipinski definition) is 2. The van der Waals surface area contributed by atoms with Crippen LogP contribution in [0.15, 0.2) is 35.2 Å². The van der Waals surface area contributed by atoms with Crippen LogP contribution in [0.3, 0.4) is 0 Å². The topological polar surface area (TPSA) is 116 Å². The summed E-state index contributed by atoms with van der Waals surface area (Å²) in [6.07, 6.45) is 0.307. The van der Waals surface area contributed by atoms with Crippen molar-refractivity contribution >= 4 is 27.0 Å². The van der Waals surface area contributed by atoms with Crippen molar-refractivity contribution in [2.24, 2.45) is 0 Å². The number of carboxylic acid groups (broad SMARTS) is 1. The highest BCUT2D eigenvalue weighted by atomic mass is 32.2. The van der Waals surface area contributed by atoms with Gasteiger partial charge in [-0.1, -0.05) is 6.07 Å². The number of aromatic nitrogens is 3. The van der Waals surface area contributed by atoms with Crippen molar-refractivity contribution in [3.05, 3.63) is 52.8 Å². The van der Waals surface area contributed by atoms with Crippen LogP contribution in [0.2, 0.25) is 0 Å². The number of carboxylic acids is 1. The molecule has 0 saturated heterocycles. The van der Waals surface area contributed by atoms with E-state index in [0.717, 1.165) is 10.4 Å². The van der Waals surface area contributed by atoms with Gasteiger partial charge in [-0.2, -0.15) is 19.7 Å². The van der Waals surface area contributed by atoms with E-state index in [1.54, 1.807) is 0 Å². The quantitative estimate of drug-likeness (QED) is 0.716. The molecule has 0 fully saturated rings. The van der Waals surface area contributed by atoms with Crippen LogP contribution in [0, 0.1) is 5.82 Å². The SMILES string of the molecule is O=C(O)c1c(F)ccc2c1CN(S(=O)(=O)c1ccc3n[nH]nc3c1)CC2. The number of hydrogen-bond acceptors (Lipinski definition) is 5. The molecule has 0 spiro atoms. The zero-order valence-corrected chi connectivity index (χ0v) is 14.1. The van der Waals surface area contributed by atoms with Gasteiger partial charge >= 0.3 is 5.97 Å². The fraction of sp³-hybridized carbons (Fsp3) is 0.188. The molecule has 3 aromatic rings. The molecule has 0 aliphatic carbocycles. The summed E-state index contributed by atoms with van der Waals surface area (Å²) in [5.74, 6) is -2.29. The van der Waals surface area contributed by atoms with Gasteiger partial charge in [0, 0.05) is 13.1 Å². The number of aromatic carboxylic acids is 1. The zero-order valence-electron chi connectivity index (χ0n) is 13.3. The van der Waals surface area contributed by atoms with Gasteiger partial charge in [-0.05, 0) is 41.8 Å². The average molecular weight is 376 g/mol. The molecule has 1 aliphatic heterocycles. The van der Waals surface area contributed by atoms with E-state index in [1.807, 2.05) is 0 Å². The molecule has 10 heteroatoms. The number of aromatic amines is 1. The Morgan fingerprint density at radius 3 is 2.73 bits per heavy atom. The van der Waals surface area contributed by atoms with Gasteiger partial charge < -0.3 is 5.11 Å². The summed E-state index contributed by atoms with van der Waals surface area (Å²) in [6, 6.07) is 6.95. The first-order chi connectivity index (χ1) is 12.4. The van der Waals surface area contributed by atoms with E-state index in [0.29, 0.717) is 23.0 Å². The van der Waals surface area contributed by atoms with Crippen molar-refractivity contribution in [3.8, 4) is 0 Å². The van der Waals surface area contributed by atoms with Crippen LogP contribution in [0.4, 0.5) is 4.39 Å². The van der Waals surface area contributed by atoms with Crippen LogP contribution in [-0.4, -0.2) is 45.8 Å². The van der Waals surface area contributed by atoms with E-state index in [4.69, 9.17) is 0 Å². The Morgan fingerprint density at radius 2 is 1.96 bits per heavy atom. The molecule has 2 N–H and O–H groups in total. The highest BCUT2D eigenvalue weighted by Crippen LogP contribution is 2.29. The molecule has 8 nitrogen and oxygen atoms in total. The highest BCUT2D eigenvalue weighted by Gasteiger charge is 2.32. The summed E-state index contributed by atoms with van der Waals surface area (Å²) >= 11 is 0. The molecule has 4 rings (SSSR count). The van der Waals surface area contributed by atoms with Crippen LogP contribution >= 0.6 is 0 Å². The fourth-order valence-electron chi connectivity index (χ4n) is 3.14. The molecule has 26 heavy (non-hydrogen) atoms. The van der Waals surface area contributed by atoms with Crippen LogP contribution in [-0.2, 0) is 23.0 Å². The normalized spacial score (nSPS) is 15.1. The summed E-state index contributed by atoms with van der Waals surface area (Å²) in [6.45, 7) is -0.0230. The second-order valence-electron chi connectivity index (χ2n) is 5.93. The Morgan fingerprint density at radius 1 is 1.19 bits per heavy atom. The number of fused-ring (bicyclic) bond motifs is 2. The van der Waals surface area contributed by atoms with Gasteiger partial charge in [-0.3, -0.25) is 0 Å². The number of nitrogens with one attached hydrogen (secondary N) is 1. The lowest BCUT2D eigenvalue weighted by molar-refractivity contribution is 0.0689. The third kappa shape index (κ3) is 2.54. The molecule has 0 saturated carbocycles. The van der Waals surface area contributed by atoms with E-state index in [2.05, 4.69) is 15.4 Å². The maximum atomic E-state index is 13.9. The van der Waals surface area contributed by atoms with Crippen molar-refractivity contribution in [1.82, 2.24) is 19.7 Å². The molecule has 2 heterocycles. The number of H-pyrrole nitrogens is 1. The van der Waals surface area contributed by atoms with Gasteiger partial charge in [-0.15, -0.1) is 0 Å². The monoisotopic (exact) mass is 376 g/mol. The van der Waals surface area contributed by atoms with Gasteiger partial charge in [0.1, 0.15) is 16.9 Å². The van der Waals surface area contributed by atoms with Gasteiger partial charge in [0.05, 0.1) is 10.5 Å². The van der Waals surface area contributed by atoms with Crippen LogP contribution in [0.5, 0.6) is 0 Å². The molecule has 2 aromatic carbocycles. The second kappa shape index (κ2) is 5.85. The molecule has 1 aliphatic rings. The smallest absolute Gasteiger partial charge is 0.339 e. The minimum atomic E-state index is -3.89. The van der Waals surface area contributed by atoms with E-state index in [-0.39, 0.29) is 23.5 Å².